The van der Waals surface area contributed by atoms with Gasteiger partial charge in [0.2, 0.25) is 0 Å². The molecule has 0 spiro atoms. The van der Waals surface area contributed by atoms with Crippen molar-refractivity contribution in [2.24, 2.45) is 0 Å². The Morgan fingerprint density at radius 2 is 1.71 bits per heavy atom. The van der Waals surface area contributed by atoms with E-state index in [1.807, 2.05) is 0 Å². The number of carboxylic acids is 1. The molecule has 0 heterocycles. The molecule has 0 radical (unpaired) electrons. The van der Waals surface area contributed by atoms with E-state index in [1.54, 1.807) is 0 Å². The lowest BCUT2D eigenvalue weighted by molar-refractivity contribution is -0.130. The van der Waals surface area contributed by atoms with E-state index in [9.17, 15) is 18.0 Å². The molecule has 0 aliphatic rings. The predicted molar refractivity (Wildman–Crippen MR) is 43.0 cm³/mol. The zero-order chi connectivity index (χ0) is 10.9. The molecule has 0 aliphatic heterocycles. The van der Waals surface area contributed by atoms with Crippen molar-refractivity contribution in [2.75, 3.05) is 0 Å². The minimum atomic E-state index is -1.60. The Kier molecular flexibility index (Phi) is 2.60. The van der Waals surface area contributed by atoms with Crippen molar-refractivity contribution in [1.29, 1.82) is 0 Å². The molecule has 1 N–H and O–H groups in total. The topological polar surface area (TPSA) is 37.3 Å². The van der Waals surface area contributed by atoms with Crippen LogP contribution in [0.4, 0.5) is 13.2 Å². The molecule has 2 nitrogen and oxygen atoms in total. The lowest BCUT2D eigenvalue weighted by Crippen LogP contribution is -2.05. The first kappa shape index (κ1) is 10.3. The van der Waals surface area contributed by atoms with Crippen LogP contribution in [0.5, 0.6) is 0 Å². The average Bonchev–Trinajstić information content (AvgIpc) is 2.12. The van der Waals surface area contributed by atoms with Gasteiger partial charge in [0.1, 0.15) is 5.82 Å². The maximum absolute atomic E-state index is 12.9. The molecule has 0 saturated heterocycles. The second kappa shape index (κ2) is 3.53. The van der Waals surface area contributed by atoms with E-state index < -0.39 is 34.6 Å². The summed E-state index contributed by atoms with van der Waals surface area (Å²) in [5.41, 5.74) is -1.77. The molecule has 14 heavy (non-hydrogen) atoms. The summed E-state index contributed by atoms with van der Waals surface area (Å²) in [5.74, 6) is -5.62. The molecule has 0 aromatic heterocycles. The minimum absolute atomic E-state index is 0.573. The van der Waals surface area contributed by atoms with Crippen molar-refractivity contribution in [3.8, 4) is 0 Å². The quantitative estimate of drug-likeness (QED) is 0.589. The largest absolute Gasteiger partial charge is 0.478 e. The van der Waals surface area contributed by atoms with Gasteiger partial charge in [-0.2, -0.15) is 0 Å². The maximum atomic E-state index is 12.9. The van der Waals surface area contributed by atoms with Crippen LogP contribution in [0.1, 0.15) is 5.56 Å². The van der Waals surface area contributed by atoms with Crippen molar-refractivity contribution in [3.05, 3.63) is 41.7 Å². The summed E-state index contributed by atoms with van der Waals surface area (Å²) in [4.78, 5) is 10.4. The van der Waals surface area contributed by atoms with Crippen LogP contribution in [-0.2, 0) is 4.79 Å². The molecular formula is C9H5F3O2. The molecule has 0 bridgehead atoms. The van der Waals surface area contributed by atoms with Crippen molar-refractivity contribution >= 4 is 11.5 Å². The molecular weight excluding hydrogens is 197 g/mol. The average molecular weight is 202 g/mol. The standard InChI is InChI=1S/C9H5F3O2/c1-4(9(13)14)7-5(10)2-3-6(11)8(7)12/h2-3H,1H2,(H,13,14). The fourth-order valence-electron chi connectivity index (χ4n) is 0.911. The summed E-state index contributed by atoms with van der Waals surface area (Å²) in [7, 11) is 0. The van der Waals surface area contributed by atoms with Crippen LogP contribution in [0, 0.1) is 17.5 Å². The van der Waals surface area contributed by atoms with Crippen LogP contribution in [0.2, 0.25) is 0 Å². The highest BCUT2D eigenvalue weighted by molar-refractivity contribution is 6.14. The van der Waals surface area contributed by atoms with Gasteiger partial charge in [0.15, 0.2) is 11.6 Å². The van der Waals surface area contributed by atoms with Gasteiger partial charge in [0.25, 0.3) is 0 Å². The second-order valence-electron chi connectivity index (χ2n) is 2.50. The third-order valence-corrected chi connectivity index (χ3v) is 1.60. The van der Waals surface area contributed by atoms with Crippen molar-refractivity contribution in [2.45, 2.75) is 0 Å². The highest BCUT2D eigenvalue weighted by Gasteiger charge is 2.20. The Labute approximate surface area is 77.3 Å². The zero-order valence-electron chi connectivity index (χ0n) is 6.85. The predicted octanol–water partition coefficient (Wildman–Crippen LogP) is 2.20. The van der Waals surface area contributed by atoms with Gasteiger partial charge in [-0.05, 0) is 12.1 Å². The number of benzene rings is 1. The van der Waals surface area contributed by atoms with Crippen LogP contribution in [0.3, 0.4) is 0 Å². The fraction of sp³-hybridized carbons (Fsp3) is 0. The summed E-state index contributed by atoms with van der Waals surface area (Å²) >= 11 is 0. The van der Waals surface area contributed by atoms with E-state index >= 15 is 0 Å². The van der Waals surface area contributed by atoms with Gasteiger partial charge in [-0.25, -0.2) is 18.0 Å². The van der Waals surface area contributed by atoms with Gasteiger partial charge in [-0.1, -0.05) is 6.58 Å². The lowest BCUT2D eigenvalue weighted by Gasteiger charge is -2.04. The monoisotopic (exact) mass is 202 g/mol. The van der Waals surface area contributed by atoms with Crippen LogP contribution in [0.15, 0.2) is 18.7 Å². The molecule has 5 heteroatoms. The maximum Gasteiger partial charge on any atom is 0.335 e. The van der Waals surface area contributed by atoms with Gasteiger partial charge < -0.3 is 5.11 Å². The second-order valence-corrected chi connectivity index (χ2v) is 2.50. The summed E-state index contributed by atoms with van der Waals surface area (Å²) < 4.78 is 38.5. The molecule has 0 atom stereocenters. The van der Waals surface area contributed by atoms with E-state index in [0.717, 1.165) is 0 Å². The highest BCUT2D eigenvalue weighted by Crippen LogP contribution is 2.22. The number of hydrogen-bond donors (Lipinski definition) is 1. The summed E-state index contributed by atoms with van der Waals surface area (Å²) in [6, 6.07) is 1.21. The van der Waals surface area contributed by atoms with Crippen LogP contribution in [0.25, 0.3) is 5.57 Å². The van der Waals surface area contributed by atoms with E-state index in [2.05, 4.69) is 6.58 Å². The first-order valence-corrected chi connectivity index (χ1v) is 3.51. The van der Waals surface area contributed by atoms with E-state index in [1.165, 1.54) is 0 Å². The van der Waals surface area contributed by atoms with Crippen molar-refractivity contribution < 1.29 is 23.1 Å². The van der Waals surface area contributed by atoms with Crippen molar-refractivity contribution in [1.82, 2.24) is 0 Å². The Morgan fingerprint density at radius 3 is 2.21 bits per heavy atom. The van der Waals surface area contributed by atoms with E-state index in [4.69, 9.17) is 5.11 Å². The lowest BCUT2D eigenvalue weighted by atomic mass is 10.1. The summed E-state index contributed by atoms with van der Waals surface area (Å²) in [6.45, 7) is 2.94. The fourth-order valence-corrected chi connectivity index (χ4v) is 0.911. The van der Waals surface area contributed by atoms with Crippen LogP contribution in [-0.4, -0.2) is 11.1 Å². The zero-order valence-corrected chi connectivity index (χ0v) is 6.85. The molecule has 0 amide bonds. The molecule has 1 aromatic carbocycles. The van der Waals surface area contributed by atoms with Gasteiger partial charge in [0, 0.05) is 0 Å². The van der Waals surface area contributed by atoms with Crippen molar-refractivity contribution in [3.63, 3.8) is 0 Å². The number of halogens is 3. The number of rotatable bonds is 2. The number of hydrogen-bond acceptors (Lipinski definition) is 1. The Hall–Kier alpha value is -1.78. The SMILES string of the molecule is C=C(C(=O)O)c1c(F)ccc(F)c1F. The third-order valence-electron chi connectivity index (χ3n) is 1.60. The number of carboxylic acid groups (broad SMARTS) is 1. The van der Waals surface area contributed by atoms with E-state index in [-0.39, 0.29) is 0 Å². The molecule has 1 rings (SSSR count). The van der Waals surface area contributed by atoms with Crippen LogP contribution >= 0.6 is 0 Å². The molecule has 74 valence electrons. The van der Waals surface area contributed by atoms with Gasteiger partial charge in [-0.3, -0.25) is 0 Å². The minimum Gasteiger partial charge on any atom is -0.478 e. The van der Waals surface area contributed by atoms with Gasteiger partial charge in [0.05, 0.1) is 11.1 Å². The first-order valence-electron chi connectivity index (χ1n) is 3.51. The van der Waals surface area contributed by atoms with Gasteiger partial charge >= 0.3 is 5.97 Å². The Balaban J connectivity index is 3.40. The molecule has 0 aliphatic carbocycles. The normalized spacial score (nSPS) is 9.93. The third kappa shape index (κ3) is 1.61. The number of carbonyl (C=O) groups is 1. The molecule has 1 aromatic rings. The molecule has 0 saturated carbocycles. The Morgan fingerprint density at radius 1 is 1.21 bits per heavy atom. The smallest absolute Gasteiger partial charge is 0.335 e. The molecule has 0 unspecified atom stereocenters. The summed E-state index contributed by atoms with van der Waals surface area (Å²) in [5, 5.41) is 8.42. The van der Waals surface area contributed by atoms with E-state index in [0.29, 0.717) is 12.1 Å². The van der Waals surface area contributed by atoms with Gasteiger partial charge in [-0.15, -0.1) is 0 Å². The Bertz CT molecular complexity index is 413. The summed E-state index contributed by atoms with van der Waals surface area (Å²) in [6.07, 6.45) is 0. The number of aliphatic carboxylic acids is 1. The first-order chi connectivity index (χ1) is 6.45. The molecule has 0 fully saturated rings. The highest BCUT2D eigenvalue weighted by atomic mass is 19.2. The van der Waals surface area contributed by atoms with Crippen LogP contribution < -0.4 is 0 Å².